The van der Waals surface area contributed by atoms with Crippen molar-refractivity contribution >= 4 is 16.3 Å². The molecule has 0 saturated carbocycles. The van der Waals surface area contributed by atoms with Gasteiger partial charge in [0, 0.05) is 0 Å². The summed E-state index contributed by atoms with van der Waals surface area (Å²) in [5, 5.41) is 2.60. The third-order valence-electron chi connectivity index (χ3n) is 8.91. The van der Waals surface area contributed by atoms with Crippen LogP contribution >= 0.6 is 0 Å². The van der Waals surface area contributed by atoms with E-state index in [1.807, 2.05) is 13.0 Å². The van der Waals surface area contributed by atoms with Gasteiger partial charge in [0.2, 0.25) is 0 Å². The van der Waals surface area contributed by atoms with Crippen LogP contribution in [0.4, 0.5) is 0 Å². The SMILES string of the molecule is C=C(/C=C\C)c1cccc(-c2ccc3c(c2)C2(c4ccccc4-c4ccccc42)c2ccc4ccccc4c2-3)c1. The second kappa shape index (κ2) is 8.53. The second-order valence-electron chi connectivity index (χ2n) is 10.9. The van der Waals surface area contributed by atoms with Gasteiger partial charge < -0.3 is 0 Å². The molecule has 0 fully saturated rings. The van der Waals surface area contributed by atoms with Crippen LogP contribution in [0.5, 0.6) is 0 Å². The number of hydrogen-bond donors (Lipinski definition) is 0. The molecule has 2 aliphatic rings. The molecule has 0 bridgehead atoms. The van der Waals surface area contributed by atoms with E-state index in [2.05, 4.69) is 140 Å². The Morgan fingerprint density at radius 1 is 0.575 bits per heavy atom. The summed E-state index contributed by atoms with van der Waals surface area (Å²) < 4.78 is 0. The molecule has 8 rings (SSSR count). The predicted molar refractivity (Wildman–Crippen MR) is 170 cm³/mol. The maximum Gasteiger partial charge on any atom is 0.0725 e. The van der Waals surface area contributed by atoms with Gasteiger partial charge in [-0.3, -0.25) is 0 Å². The van der Waals surface area contributed by atoms with Crippen molar-refractivity contribution in [3.63, 3.8) is 0 Å². The van der Waals surface area contributed by atoms with Crippen LogP contribution in [0.1, 0.15) is 34.7 Å². The van der Waals surface area contributed by atoms with E-state index in [1.165, 1.54) is 66.4 Å². The number of rotatable bonds is 3. The summed E-state index contributed by atoms with van der Waals surface area (Å²) in [7, 11) is 0. The van der Waals surface area contributed by atoms with Gasteiger partial charge in [0.1, 0.15) is 0 Å². The number of hydrogen-bond acceptors (Lipinski definition) is 0. The van der Waals surface area contributed by atoms with Crippen molar-refractivity contribution in [3.05, 3.63) is 174 Å². The summed E-state index contributed by atoms with van der Waals surface area (Å²) in [6.07, 6.45) is 4.12. The van der Waals surface area contributed by atoms with E-state index in [-0.39, 0.29) is 5.41 Å². The van der Waals surface area contributed by atoms with Crippen LogP contribution in [0, 0.1) is 0 Å². The molecule has 40 heavy (non-hydrogen) atoms. The van der Waals surface area contributed by atoms with Crippen molar-refractivity contribution in [2.75, 3.05) is 0 Å². The fraction of sp³-hybridized carbons (Fsp3) is 0.0500. The molecule has 0 N–H and O–H groups in total. The predicted octanol–water partition coefficient (Wildman–Crippen LogP) is 10.4. The van der Waals surface area contributed by atoms with Crippen molar-refractivity contribution in [3.8, 4) is 33.4 Å². The zero-order chi connectivity index (χ0) is 26.8. The highest BCUT2D eigenvalue weighted by atomic mass is 14.5. The molecule has 0 radical (unpaired) electrons. The molecule has 188 valence electrons. The van der Waals surface area contributed by atoms with Crippen molar-refractivity contribution in [1.82, 2.24) is 0 Å². The topological polar surface area (TPSA) is 0 Å². The highest BCUT2D eigenvalue weighted by molar-refractivity contribution is 6.06. The van der Waals surface area contributed by atoms with Gasteiger partial charge in [-0.05, 0) is 96.6 Å². The number of fused-ring (bicyclic) bond motifs is 12. The van der Waals surface area contributed by atoms with E-state index < -0.39 is 0 Å². The van der Waals surface area contributed by atoms with E-state index in [9.17, 15) is 0 Å². The molecule has 0 saturated heterocycles. The molecule has 6 aromatic rings. The Morgan fingerprint density at radius 2 is 1.27 bits per heavy atom. The van der Waals surface area contributed by atoms with Crippen LogP contribution < -0.4 is 0 Å². The van der Waals surface area contributed by atoms with Crippen molar-refractivity contribution < 1.29 is 0 Å². The fourth-order valence-electron chi connectivity index (χ4n) is 7.28. The van der Waals surface area contributed by atoms with E-state index in [0.29, 0.717) is 0 Å². The van der Waals surface area contributed by atoms with E-state index in [4.69, 9.17) is 0 Å². The summed E-state index contributed by atoms with van der Waals surface area (Å²) in [5.41, 5.74) is 15.1. The van der Waals surface area contributed by atoms with Gasteiger partial charge in [0.05, 0.1) is 5.41 Å². The Morgan fingerprint density at radius 3 is 2.05 bits per heavy atom. The Kier molecular flexibility index (Phi) is 4.90. The molecule has 0 unspecified atom stereocenters. The Bertz CT molecular complexity index is 1990. The average molecular weight is 509 g/mol. The second-order valence-corrected chi connectivity index (χ2v) is 10.9. The first-order valence-corrected chi connectivity index (χ1v) is 14.0. The zero-order valence-electron chi connectivity index (χ0n) is 22.5. The van der Waals surface area contributed by atoms with Gasteiger partial charge in [0.25, 0.3) is 0 Å². The molecule has 0 heterocycles. The van der Waals surface area contributed by atoms with E-state index in [0.717, 1.165) is 11.1 Å². The van der Waals surface area contributed by atoms with Gasteiger partial charge in [-0.1, -0.05) is 134 Å². The Balaban J connectivity index is 1.47. The molecule has 0 heteroatoms. The molecule has 1 spiro atoms. The molecule has 0 amide bonds. The van der Waals surface area contributed by atoms with Crippen molar-refractivity contribution in [1.29, 1.82) is 0 Å². The first kappa shape index (κ1) is 23.0. The lowest BCUT2D eigenvalue weighted by Crippen LogP contribution is -2.25. The van der Waals surface area contributed by atoms with Crippen molar-refractivity contribution in [2.45, 2.75) is 12.3 Å². The zero-order valence-corrected chi connectivity index (χ0v) is 22.5. The van der Waals surface area contributed by atoms with Gasteiger partial charge in [-0.2, -0.15) is 0 Å². The smallest absolute Gasteiger partial charge is 0.0725 e. The van der Waals surface area contributed by atoms with Crippen LogP contribution in [0.2, 0.25) is 0 Å². The van der Waals surface area contributed by atoms with E-state index >= 15 is 0 Å². The minimum Gasteiger partial charge on any atom is -0.0912 e. The van der Waals surface area contributed by atoms with Crippen LogP contribution in [-0.2, 0) is 5.41 Å². The van der Waals surface area contributed by atoms with Gasteiger partial charge in [-0.25, -0.2) is 0 Å². The first-order valence-electron chi connectivity index (χ1n) is 14.0. The monoisotopic (exact) mass is 508 g/mol. The summed E-state index contributed by atoms with van der Waals surface area (Å²) >= 11 is 0. The van der Waals surface area contributed by atoms with Gasteiger partial charge >= 0.3 is 0 Å². The molecule has 6 aromatic carbocycles. The molecule has 0 atom stereocenters. The van der Waals surface area contributed by atoms with E-state index in [1.54, 1.807) is 0 Å². The lowest BCUT2D eigenvalue weighted by Gasteiger charge is -2.31. The molecule has 0 aliphatic heterocycles. The molecule has 0 aromatic heterocycles. The number of benzene rings is 6. The number of allylic oxidation sites excluding steroid dienone is 3. The first-order chi connectivity index (χ1) is 19.7. The Hall–Kier alpha value is -4.94. The quantitative estimate of drug-likeness (QED) is 0.208. The third-order valence-corrected chi connectivity index (χ3v) is 8.91. The normalized spacial score (nSPS) is 13.8. The van der Waals surface area contributed by atoms with Crippen molar-refractivity contribution in [2.24, 2.45) is 0 Å². The molecule has 2 aliphatic carbocycles. The molecular formula is C40H28. The fourth-order valence-corrected chi connectivity index (χ4v) is 7.28. The lowest BCUT2D eigenvalue weighted by atomic mass is 9.70. The summed E-state index contributed by atoms with van der Waals surface area (Å²) in [6, 6.07) is 47.4. The Labute approximate surface area is 235 Å². The van der Waals surface area contributed by atoms with Gasteiger partial charge in [-0.15, -0.1) is 0 Å². The summed E-state index contributed by atoms with van der Waals surface area (Å²) in [6.45, 7) is 6.32. The summed E-state index contributed by atoms with van der Waals surface area (Å²) in [4.78, 5) is 0. The lowest BCUT2D eigenvalue weighted by molar-refractivity contribution is 0.795. The minimum absolute atomic E-state index is 0.357. The highest BCUT2D eigenvalue weighted by Crippen LogP contribution is 2.64. The maximum absolute atomic E-state index is 4.28. The van der Waals surface area contributed by atoms with Crippen LogP contribution in [0.25, 0.3) is 49.7 Å². The van der Waals surface area contributed by atoms with Crippen LogP contribution in [0.15, 0.2) is 146 Å². The van der Waals surface area contributed by atoms with Crippen LogP contribution in [0.3, 0.4) is 0 Å². The molecular weight excluding hydrogens is 480 g/mol. The summed E-state index contributed by atoms with van der Waals surface area (Å²) in [5.74, 6) is 0. The maximum atomic E-state index is 4.28. The highest BCUT2D eigenvalue weighted by Gasteiger charge is 2.51. The third kappa shape index (κ3) is 2.96. The van der Waals surface area contributed by atoms with Crippen LogP contribution in [-0.4, -0.2) is 0 Å². The standard InChI is InChI=1S/C40H28/c1-3-11-26(2)28-13-10-14-29(24-28)30-20-22-34-38(25-30)40(37-23-21-27-12-4-5-15-31(27)39(34)37)35-18-8-6-16-32(35)33-17-7-9-19-36(33)40/h3-25H,2H2,1H3/b11-3-. The molecule has 0 nitrogen and oxygen atoms in total. The minimum atomic E-state index is -0.357. The largest absolute Gasteiger partial charge is 0.0912 e. The van der Waals surface area contributed by atoms with Gasteiger partial charge in [0.15, 0.2) is 0 Å². The average Bonchev–Trinajstić information content (AvgIpc) is 3.48.